The Morgan fingerprint density at radius 3 is 0.915 bits per heavy atom. The van der Waals surface area contributed by atoms with E-state index in [4.69, 9.17) is 13.9 Å². The predicted molar refractivity (Wildman–Crippen MR) is 540 cm³/mol. The molecule has 0 fully saturated rings. The number of rotatable bonds is 23. The van der Waals surface area contributed by atoms with E-state index >= 15 is 0 Å². The van der Waals surface area contributed by atoms with Gasteiger partial charge in [-0.15, -0.1) is 0 Å². The molecule has 0 unspecified atom stereocenters. The summed E-state index contributed by atoms with van der Waals surface area (Å²) in [6.07, 6.45) is 17.2. The Morgan fingerprint density at radius 2 is 0.628 bits per heavy atom. The van der Waals surface area contributed by atoms with Gasteiger partial charge in [0.2, 0.25) is 0 Å². The van der Waals surface area contributed by atoms with Crippen LogP contribution >= 0.6 is 0 Å². The lowest BCUT2D eigenvalue weighted by atomic mass is 9.80. The minimum absolute atomic E-state index is 0.00579. The van der Waals surface area contributed by atoms with Crippen molar-refractivity contribution in [3.05, 3.63) is 300 Å². The summed E-state index contributed by atoms with van der Waals surface area (Å²) in [5, 5.41) is 0. The average molecular weight is 1770 g/mol. The number of pyridine rings is 1. The molecule has 9 aromatic rings. The summed E-state index contributed by atoms with van der Waals surface area (Å²) in [6, 6.07) is 76.8. The number of esters is 2. The van der Waals surface area contributed by atoms with Crippen LogP contribution in [0.2, 0.25) is 0 Å². The molecule has 129 heavy (non-hydrogen) atoms. The van der Waals surface area contributed by atoms with Gasteiger partial charge in [0.25, 0.3) is 0 Å². The Bertz CT molecular complexity index is 4310. The summed E-state index contributed by atoms with van der Waals surface area (Å²) >= 11 is 0. The van der Waals surface area contributed by atoms with Crippen molar-refractivity contribution in [3.63, 3.8) is 0 Å². The average Bonchev–Trinajstić information content (AvgIpc) is 1.26. The van der Waals surface area contributed by atoms with Gasteiger partial charge in [0.1, 0.15) is 35.0 Å². The maximum Gasteiger partial charge on any atom is 0.311 e. The molecule has 0 spiro atoms. The molecule has 0 aliphatic carbocycles. The topological polar surface area (TPSA) is 194 Å². The molecule has 2 heterocycles. The van der Waals surface area contributed by atoms with Crippen molar-refractivity contribution >= 4 is 46.6 Å². The van der Waals surface area contributed by atoms with E-state index in [-0.39, 0.29) is 67.7 Å². The fourth-order valence-electron chi connectivity index (χ4n) is 11.2. The zero-order chi connectivity index (χ0) is 98.5. The van der Waals surface area contributed by atoms with Gasteiger partial charge in [0.15, 0.2) is 23.7 Å². The fraction of sp³-hybridized carbons (Fsp3) is 0.500. The summed E-state index contributed by atoms with van der Waals surface area (Å²) < 4.78 is 15.0. The summed E-state index contributed by atoms with van der Waals surface area (Å²) in [6.45, 7) is 64.8. The molecular weight excluding hydrogens is 1600 g/mol. The molecule has 708 valence electrons. The van der Waals surface area contributed by atoms with E-state index in [0.717, 1.165) is 63.4 Å². The van der Waals surface area contributed by atoms with Crippen molar-refractivity contribution in [2.24, 2.45) is 54.1 Å². The van der Waals surface area contributed by atoms with Crippen molar-refractivity contribution in [2.45, 2.75) is 311 Å². The van der Waals surface area contributed by atoms with Crippen LogP contribution in [-0.2, 0) is 59.1 Å². The predicted octanol–water partition coefficient (Wildman–Crippen LogP) is 30.5. The highest BCUT2D eigenvalue weighted by Crippen LogP contribution is 2.33. The number of ketones is 6. The van der Waals surface area contributed by atoms with Gasteiger partial charge in [-0.1, -0.05) is 411 Å². The lowest BCUT2D eigenvalue weighted by Crippen LogP contribution is -2.23. The lowest BCUT2D eigenvalue weighted by Gasteiger charge is -2.23. The molecule has 9 rings (SSSR count). The smallest absolute Gasteiger partial charge is 0.311 e. The number of unbranched alkanes of at least 4 members (excludes halogenated alkanes) is 2. The molecule has 0 aliphatic heterocycles. The molecular formula is C116H168N2O11. The third kappa shape index (κ3) is 58.2. The minimum atomic E-state index is -0.406. The van der Waals surface area contributed by atoms with Gasteiger partial charge in [-0.05, 0) is 136 Å². The molecule has 0 atom stereocenters. The zero-order valence-electron chi connectivity index (χ0n) is 85.7. The lowest BCUT2D eigenvalue weighted by molar-refractivity contribution is -0.153. The molecule has 0 amide bonds. The van der Waals surface area contributed by atoms with E-state index < -0.39 is 10.8 Å². The minimum Gasteiger partial charge on any atom is -0.465 e. The van der Waals surface area contributed by atoms with E-state index in [1.807, 2.05) is 300 Å². The zero-order valence-corrected chi connectivity index (χ0v) is 85.7. The number of aryl methyl sites for hydroxylation is 1. The van der Waals surface area contributed by atoms with Gasteiger partial charge in [0.05, 0.1) is 24.0 Å². The van der Waals surface area contributed by atoms with Crippen molar-refractivity contribution in [1.82, 2.24) is 9.97 Å². The number of hydrogen-bond donors (Lipinski definition) is 0. The second kappa shape index (κ2) is 59.2. The summed E-state index contributed by atoms with van der Waals surface area (Å²) in [5.74, 6) is 1.22. The van der Waals surface area contributed by atoms with E-state index in [1.54, 1.807) is 18.3 Å². The maximum absolute atomic E-state index is 12.4. The molecule has 13 heteroatoms. The Morgan fingerprint density at radius 1 is 0.310 bits per heavy atom. The van der Waals surface area contributed by atoms with Crippen molar-refractivity contribution in [3.8, 4) is 0 Å². The van der Waals surface area contributed by atoms with Crippen LogP contribution in [0, 0.1) is 54.1 Å². The Balaban J connectivity index is 0.00000142. The molecule has 0 saturated carbocycles. The van der Waals surface area contributed by atoms with Crippen molar-refractivity contribution in [1.29, 1.82) is 0 Å². The highest BCUT2D eigenvalue weighted by molar-refractivity contribution is 6.00. The molecule has 0 bridgehead atoms. The standard InChI is InChI=1S/C19H22O.2C13H18O2.C13H20.C11H14O.C11H16.C10H13NO.2C9H18O.C8H11NO2/c1-19(2,3)18(20)14-17(15-10-6-4-7-11-15)16-12-8-5-9-13-16;2*1-13(2,3)12(14)15-10-9-11-7-5-4-6-8-11;1-13(2,3)11-7-10-12-8-5-4-6-9-12;1-11(2,3)10(12)9-7-5-4-6-8-9;1-11(2,3)9-10-7-5-4-6-8-10;1-10(2,3)9(12)8-6-4-5-7-11-8;2*1-5-6-7-8(10)9(2,3)4;1-8(2,3)7(10)6-4-11-5-9-6/h4-13,17H,14H2,1-3H3;2*4-8H,9-10H2,1-3H3;4-6,8-9H,7,10-11H2,1-3H3;4-8H,1-3H3;4-8H,9H2,1-3H3;4-7H,1-3H3;2*5-7H2,1-4H3;4-5H,1-3H3. The van der Waals surface area contributed by atoms with E-state index in [1.165, 1.54) is 65.3 Å². The van der Waals surface area contributed by atoms with Gasteiger partial charge in [-0.3, -0.25) is 43.3 Å². The number of nitrogens with zero attached hydrogens (tertiary/aromatic N) is 2. The SMILES string of the molecule is CC(C)(C)C(=O)CC(c1ccccc1)c1ccccc1.CC(C)(C)C(=O)OCCc1ccccc1.CC(C)(C)C(=O)OCCc1ccccc1.CC(C)(C)C(=O)c1ccccc1.CC(C)(C)C(=O)c1ccccn1.CC(C)(C)C(=O)c1cocn1.CC(C)(C)CCCc1ccccc1.CC(C)(C)Cc1ccccc1.CCCCC(=O)C(C)(C)C.CCCCC(=O)C(C)(C)C. The highest BCUT2D eigenvalue weighted by atomic mass is 16.5. The highest BCUT2D eigenvalue weighted by Gasteiger charge is 2.30. The van der Waals surface area contributed by atoms with Crippen molar-refractivity contribution < 1.29 is 52.2 Å². The number of benzene rings is 7. The van der Waals surface area contributed by atoms with Crippen LogP contribution in [0.1, 0.15) is 350 Å². The maximum atomic E-state index is 12.4. The number of aromatic nitrogens is 2. The van der Waals surface area contributed by atoms with Gasteiger partial charge in [0, 0.05) is 82.3 Å². The third-order valence-electron chi connectivity index (χ3n) is 19.4. The largest absolute Gasteiger partial charge is 0.465 e. The molecule has 0 aliphatic rings. The van der Waals surface area contributed by atoms with Gasteiger partial charge in [-0.25, -0.2) is 4.98 Å². The van der Waals surface area contributed by atoms with Crippen LogP contribution in [0.4, 0.5) is 0 Å². The second-order valence-electron chi connectivity index (χ2n) is 43.4. The molecule has 0 radical (unpaired) electrons. The molecule has 0 saturated heterocycles. The Labute approximate surface area is 782 Å². The Hall–Kier alpha value is -10.1. The van der Waals surface area contributed by atoms with Crippen molar-refractivity contribution in [2.75, 3.05) is 13.2 Å². The second-order valence-corrected chi connectivity index (χ2v) is 43.4. The molecule has 2 aromatic heterocycles. The summed E-state index contributed by atoms with van der Waals surface area (Å²) in [5.41, 5.74) is 7.97. The number of hydrogen-bond acceptors (Lipinski definition) is 13. The summed E-state index contributed by atoms with van der Waals surface area (Å²) in [7, 11) is 0. The summed E-state index contributed by atoms with van der Waals surface area (Å²) in [4.78, 5) is 100. The monoisotopic (exact) mass is 1770 g/mol. The first-order valence-electron chi connectivity index (χ1n) is 46.3. The van der Waals surface area contributed by atoms with Crippen LogP contribution < -0.4 is 0 Å². The fourth-order valence-corrected chi connectivity index (χ4v) is 11.2. The van der Waals surface area contributed by atoms with Crippen LogP contribution in [0.15, 0.2) is 254 Å². The normalized spacial score (nSPS) is 11.4. The number of ether oxygens (including phenoxy) is 2. The molecule has 7 aromatic carbocycles. The van der Waals surface area contributed by atoms with E-state index in [9.17, 15) is 38.4 Å². The number of carbonyl (C=O) groups is 8. The van der Waals surface area contributed by atoms with Gasteiger partial charge >= 0.3 is 11.9 Å². The first-order chi connectivity index (χ1) is 59.6. The van der Waals surface area contributed by atoms with E-state index in [2.05, 4.69) is 150 Å². The van der Waals surface area contributed by atoms with Gasteiger partial charge < -0.3 is 13.9 Å². The van der Waals surface area contributed by atoms with Gasteiger partial charge in [-0.2, -0.15) is 0 Å². The van der Waals surface area contributed by atoms with Crippen LogP contribution in [0.3, 0.4) is 0 Å². The molecule has 0 N–H and O–H groups in total. The number of Topliss-reactive ketones (excluding diaryl/α,β-unsaturated/α-hetero) is 6. The number of oxazole rings is 1. The Kier molecular flexibility index (Phi) is 54.6. The number of carbonyl (C=O) groups excluding carboxylic acids is 8. The third-order valence-corrected chi connectivity index (χ3v) is 19.4. The van der Waals surface area contributed by atoms with Crippen LogP contribution in [0.5, 0.6) is 0 Å². The van der Waals surface area contributed by atoms with Crippen LogP contribution in [0.25, 0.3) is 0 Å². The molecule has 13 nitrogen and oxygen atoms in total. The van der Waals surface area contributed by atoms with E-state index in [0.29, 0.717) is 59.2 Å². The first-order valence-corrected chi connectivity index (χ1v) is 46.3. The van der Waals surface area contributed by atoms with Crippen LogP contribution in [-0.4, -0.2) is 69.8 Å². The first kappa shape index (κ1) is 119. The quantitative estimate of drug-likeness (QED) is 0.0434.